The van der Waals surface area contributed by atoms with Crippen LogP contribution < -0.4 is 0 Å². The van der Waals surface area contributed by atoms with Crippen LogP contribution in [0.15, 0.2) is 102 Å². The number of rotatable bonds is 7. The molecule has 0 unspecified atom stereocenters. The second-order valence-electron chi connectivity index (χ2n) is 8.54. The third kappa shape index (κ3) is 4.62. The minimum atomic E-state index is -0.951. The van der Waals surface area contributed by atoms with E-state index in [1.165, 1.54) is 36.0 Å². The molecule has 0 atom stereocenters. The first-order chi connectivity index (χ1) is 16.7. The Bertz CT molecular complexity index is 1310. The van der Waals surface area contributed by atoms with Crippen molar-refractivity contribution in [3.8, 4) is 11.3 Å². The van der Waals surface area contributed by atoms with Crippen LogP contribution in [0.1, 0.15) is 41.5 Å². The molecule has 0 bridgehead atoms. The number of hydrogen-bond donors (Lipinski definition) is 1. The molecule has 3 aromatic carbocycles. The van der Waals surface area contributed by atoms with E-state index in [4.69, 9.17) is 9.63 Å². The van der Waals surface area contributed by atoms with Crippen molar-refractivity contribution in [2.45, 2.75) is 19.3 Å². The fraction of sp³-hybridized carbons (Fsp3) is 0.133. The van der Waals surface area contributed by atoms with Gasteiger partial charge in [-0.15, -0.1) is 0 Å². The molecule has 0 aliphatic heterocycles. The largest absolute Gasteiger partial charge is 0.478 e. The average Bonchev–Trinajstić information content (AvgIpc) is 3.38. The molecule has 5 rings (SSSR count). The van der Waals surface area contributed by atoms with E-state index in [1.807, 2.05) is 18.2 Å². The van der Waals surface area contributed by atoms with Gasteiger partial charge in [0, 0.05) is 17.7 Å². The summed E-state index contributed by atoms with van der Waals surface area (Å²) >= 11 is 0. The molecular weight excluding hydrogens is 422 g/mol. The number of carbonyl (C=O) groups is 1. The van der Waals surface area contributed by atoms with Gasteiger partial charge >= 0.3 is 5.97 Å². The monoisotopic (exact) mass is 447 g/mol. The molecular formula is C30H25NO3. The van der Waals surface area contributed by atoms with Crippen molar-refractivity contribution in [3.05, 3.63) is 120 Å². The molecule has 4 heteroatoms. The molecule has 4 nitrogen and oxygen atoms in total. The smallest absolute Gasteiger partial charge is 0.328 e. The van der Waals surface area contributed by atoms with Gasteiger partial charge in [-0.2, -0.15) is 0 Å². The average molecular weight is 448 g/mol. The molecule has 1 aliphatic rings. The number of nitrogens with zero attached hydrogens (tertiary/aromatic N) is 1. The lowest BCUT2D eigenvalue weighted by Crippen LogP contribution is -2.15. The molecule has 1 fully saturated rings. The van der Waals surface area contributed by atoms with Crippen molar-refractivity contribution < 1.29 is 14.4 Å². The van der Waals surface area contributed by atoms with Gasteiger partial charge in [0.25, 0.3) is 0 Å². The van der Waals surface area contributed by atoms with E-state index in [2.05, 4.69) is 71.9 Å². The van der Waals surface area contributed by atoms with Crippen molar-refractivity contribution >= 4 is 23.2 Å². The van der Waals surface area contributed by atoms with Gasteiger partial charge in [-0.05, 0) is 58.2 Å². The van der Waals surface area contributed by atoms with Crippen LogP contribution in [0.4, 0.5) is 0 Å². The van der Waals surface area contributed by atoms with E-state index >= 15 is 0 Å². The quantitative estimate of drug-likeness (QED) is 0.240. The van der Waals surface area contributed by atoms with Gasteiger partial charge in [-0.3, -0.25) is 0 Å². The topological polar surface area (TPSA) is 63.3 Å². The molecule has 0 spiro atoms. The number of carboxylic acids is 1. The van der Waals surface area contributed by atoms with Gasteiger partial charge in [0.1, 0.15) is 12.0 Å². The molecule has 0 radical (unpaired) electrons. The van der Waals surface area contributed by atoms with Crippen LogP contribution in [0.5, 0.6) is 0 Å². The van der Waals surface area contributed by atoms with Crippen molar-refractivity contribution in [3.63, 3.8) is 0 Å². The Kier molecular flexibility index (Phi) is 6.21. The zero-order chi connectivity index (χ0) is 23.3. The molecule has 0 saturated heterocycles. The number of carboxylic acid groups (broad SMARTS) is 1. The van der Waals surface area contributed by atoms with Crippen LogP contribution in [-0.4, -0.2) is 16.2 Å². The highest BCUT2D eigenvalue weighted by Gasteiger charge is 2.27. The highest BCUT2D eigenvalue weighted by atomic mass is 16.5. The van der Waals surface area contributed by atoms with Gasteiger partial charge in [0.2, 0.25) is 0 Å². The van der Waals surface area contributed by atoms with Crippen molar-refractivity contribution in [2.75, 3.05) is 0 Å². The summed E-state index contributed by atoms with van der Waals surface area (Å²) in [6.07, 6.45) is 7.98. The highest BCUT2D eigenvalue weighted by Crippen LogP contribution is 2.45. The van der Waals surface area contributed by atoms with Crippen LogP contribution in [0.25, 0.3) is 28.5 Å². The zero-order valence-electron chi connectivity index (χ0n) is 18.7. The van der Waals surface area contributed by atoms with Gasteiger partial charge in [-0.25, -0.2) is 4.79 Å². The van der Waals surface area contributed by atoms with E-state index in [1.54, 1.807) is 12.3 Å². The normalized spacial score (nSPS) is 14.6. The number of allylic oxidation sites excluding steroid dienone is 1. The predicted octanol–water partition coefficient (Wildman–Crippen LogP) is 7.20. The van der Waals surface area contributed by atoms with Gasteiger partial charge < -0.3 is 9.63 Å². The van der Waals surface area contributed by atoms with Crippen LogP contribution in [-0.2, 0) is 4.79 Å². The van der Waals surface area contributed by atoms with E-state index in [0.717, 1.165) is 34.0 Å². The number of aliphatic carboxylic acids is 1. The Morgan fingerprint density at radius 3 is 2.09 bits per heavy atom. The highest BCUT2D eigenvalue weighted by molar-refractivity contribution is 6.00. The first-order valence-corrected chi connectivity index (χ1v) is 11.5. The Morgan fingerprint density at radius 1 is 0.853 bits per heavy atom. The Balaban J connectivity index is 1.65. The van der Waals surface area contributed by atoms with Crippen molar-refractivity contribution in [1.82, 2.24) is 5.16 Å². The molecule has 1 aliphatic carbocycles. The van der Waals surface area contributed by atoms with Crippen LogP contribution >= 0.6 is 0 Å². The number of benzene rings is 3. The summed E-state index contributed by atoms with van der Waals surface area (Å²) < 4.78 is 5.01. The Hall–Kier alpha value is -4.18. The lowest BCUT2D eigenvalue weighted by atomic mass is 9.73. The molecule has 0 amide bonds. The second-order valence-corrected chi connectivity index (χ2v) is 8.54. The maximum atomic E-state index is 10.9. The first kappa shape index (κ1) is 21.7. The third-order valence-corrected chi connectivity index (χ3v) is 6.39. The summed E-state index contributed by atoms with van der Waals surface area (Å²) in [6, 6.07) is 29.1. The summed E-state index contributed by atoms with van der Waals surface area (Å²) in [6.45, 7) is 0. The molecule has 4 aromatic rings. The Labute approximate surface area is 198 Å². The van der Waals surface area contributed by atoms with Gasteiger partial charge in [0.15, 0.2) is 0 Å². The molecule has 168 valence electrons. The number of hydrogen-bond acceptors (Lipinski definition) is 3. The van der Waals surface area contributed by atoms with E-state index < -0.39 is 5.97 Å². The summed E-state index contributed by atoms with van der Waals surface area (Å²) in [5.41, 5.74) is 8.78. The summed E-state index contributed by atoms with van der Waals surface area (Å²) in [5, 5.41) is 13.0. The number of aromatic nitrogens is 1. The summed E-state index contributed by atoms with van der Waals surface area (Å²) in [4.78, 5) is 10.9. The molecule has 34 heavy (non-hydrogen) atoms. The molecule has 1 heterocycles. The van der Waals surface area contributed by atoms with Crippen LogP contribution in [0.3, 0.4) is 0 Å². The second kappa shape index (κ2) is 9.75. The third-order valence-electron chi connectivity index (χ3n) is 6.39. The predicted molar refractivity (Wildman–Crippen MR) is 135 cm³/mol. The van der Waals surface area contributed by atoms with Crippen molar-refractivity contribution in [1.29, 1.82) is 0 Å². The van der Waals surface area contributed by atoms with Crippen LogP contribution in [0, 0.1) is 5.92 Å². The van der Waals surface area contributed by atoms with Crippen LogP contribution in [0.2, 0.25) is 0 Å². The standard InChI is InChI=1S/C30H25NO3/c32-28(33)18-11-21-9-12-25(13-10-21)30(26-16-14-22(15-17-26)27-19-20-34-31-27)29(24-7-4-8-24)23-5-2-1-3-6-23/h1-3,5-6,9-20,24H,4,7-8H2,(H,32,33)/b18-11+,30-29-. The maximum Gasteiger partial charge on any atom is 0.328 e. The van der Waals surface area contributed by atoms with Gasteiger partial charge in [-0.1, -0.05) is 90.4 Å². The first-order valence-electron chi connectivity index (χ1n) is 11.5. The lowest BCUT2D eigenvalue weighted by molar-refractivity contribution is -0.131. The zero-order valence-corrected chi connectivity index (χ0v) is 18.7. The van der Waals surface area contributed by atoms with E-state index in [-0.39, 0.29) is 0 Å². The fourth-order valence-electron chi connectivity index (χ4n) is 4.47. The van der Waals surface area contributed by atoms with Crippen molar-refractivity contribution in [2.24, 2.45) is 5.92 Å². The molecule has 1 aromatic heterocycles. The van der Waals surface area contributed by atoms with Gasteiger partial charge in [0.05, 0.1) is 0 Å². The van der Waals surface area contributed by atoms with E-state index in [0.29, 0.717) is 5.92 Å². The minimum absolute atomic E-state index is 0.513. The molecule has 1 saturated carbocycles. The Morgan fingerprint density at radius 2 is 1.53 bits per heavy atom. The van der Waals surface area contributed by atoms with E-state index in [9.17, 15) is 4.79 Å². The SMILES string of the molecule is O=C(O)/C=C/c1ccc(/C(=C(\c2ccccc2)C2CCC2)c2ccc(-c3ccon3)cc2)cc1. The molecule has 1 N–H and O–H groups in total. The summed E-state index contributed by atoms with van der Waals surface area (Å²) in [5.74, 6) is -0.438. The minimum Gasteiger partial charge on any atom is -0.478 e. The lowest BCUT2D eigenvalue weighted by Gasteiger charge is -2.31. The fourth-order valence-corrected chi connectivity index (χ4v) is 4.47. The summed E-state index contributed by atoms with van der Waals surface area (Å²) in [7, 11) is 0. The maximum absolute atomic E-state index is 10.9.